The van der Waals surface area contributed by atoms with Gasteiger partial charge in [-0.3, -0.25) is 0 Å². The first-order valence-electron chi connectivity index (χ1n) is 7.90. The van der Waals surface area contributed by atoms with Crippen LogP contribution in [0.3, 0.4) is 0 Å². The summed E-state index contributed by atoms with van der Waals surface area (Å²) in [7, 11) is 1.62. The van der Waals surface area contributed by atoms with Gasteiger partial charge in [0.1, 0.15) is 11.5 Å². The molecule has 0 radical (unpaired) electrons. The van der Waals surface area contributed by atoms with Crippen LogP contribution in [-0.2, 0) is 13.1 Å². The molecule has 0 atom stereocenters. The molecular weight excluding hydrogens is 314 g/mol. The molecule has 5 nitrogen and oxygen atoms in total. The van der Waals surface area contributed by atoms with E-state index in [9.17, 15) is 0 Å². The molecule has 126 valence electrons. The fraction of sp³-hybridized carbons (Fsp3) is 0.471. The van der Waals surface area contributed by atoms with Crippen molar-refractivity contribution in [3.05, 3.63) is 41.4 Å². The summed E-state index contributed by atoms with van der Waals surface area (Å²) in [6.45, 7) is 2.16. The quantitative estimate of drug-likeness (QED) is 0.672. The van der Waals surface area contributed by atoms with Crippen molar-refractivity contribution < 1.29 is 9.47 Å². The van der Waals surface area contributed by atoms with Gasteiger partial charge in [-0.05, 0) is 25.0 Å². The Kier molecular flexibility index (Phi) is 7.23. The Morgan fingerprint density at radius 1 is 1.22 bits per heavy atom. The maximum atomic E-state index is 6.13. The Bertz CT molecular complexity index is 601. The summed E-state index contributed by atoms with van der Waals surface area (Å²) in [5.74, 6) is 1.44. The van der Waals surface area contributed by atoms with Crippen LogP contribution in [0.15, 0.2) is 30.7 Å². The number of ether oxygens (including phenoxy) is 2. The molecule has 1 aromatic carbocycles. The molecule has 0 saturated carbocycles. The van der Waals surface area contributed by atoms with E-state index in [1.165, 1.54) is 0 Å². The highest BCUT2D eigenvalue weighted by Crippen LogP contribution is 2.28. The van der Waals surface area contributed by atoms with Crippen molar-refractivity contribution in [1.29, 1.82) is 0 Å². The van der Waals surface area contributed by atoms with E-state index >= 15 is 0 Å². The van der Waals surface area contributed by atoms with Crippen LogP contribution in [0.4, 0.5) is 0 Å². The Hall–Kier alpha value is -1.72. The molecule has 0 aliphatic rings. The SMILES string of the molecule is COc1ccc(OCCCCCCn2cnc(CN)c2)c(Cl)c1. The van der Waals surface area contributed by atoms with Gasteiger partial charge in [0, 0.05) is 25.4 Å². The van der Waals surface area contributed by atoms with Crippen LogP contribution in [0.5, 0.6) is 11.5 Å². The Morgan fingerprint density at radius 3 is 2.74 bits per heavy atom. The Morgan fingerprint density at radius 2 is 2.04 bits per heavy atom. The lowest BCUT2D eigenvalue weighted by molar-refractivity contribution is 0.303. The number of unbranched alkanes of at least 4 members (excludes halogenated alkanes) is 3. The summed E-state index contributed by atoms with van der Waals surface area (Å²) in [5.41, 5.74) is 6.48. The van der Waals surface area contributed by atoms with E-state index in [1.54, 1.807) is 13.2 Å². The second-order valence-corrected chi connectivity index (χ2v) is 5.77. The molecule has 6 heteroatoms. The number of benzene rings is 1. The van der Waals surface area contributed by atoms with Gasteiger partial charge >= 0.3 is 0 Å². The molecular formula is C17H24ClN3O2. The molecule has 1 aromatic heterocycles. The number of aryl methyl sites for hydroxylation is 1. The van der Waals surface area contributed by atoms with E-state index in [4.69, 9.17) is 26.8 Å². The first kappa shape index (κ1) is 17.6. The van der Waals surface area contributed by atoms with Gasteiger partial charge in [-0.1, -0.05) is 24.4 Å². The van der Waals surface area contributed by atoms with E-state index in [0.717, 1.165) is 43.7 Å². The second-order valence-electron chi connectivity index (χ2n) is 5.37. The first-order valence-corrected chi connectivity index (χ1v) is 8.28. The molecule has 0 unspecified atom stereocenters. The first-order chi connectivity index (χ1) is 11.2. The Balaban J connectivity index is 1.57. The predicted molar refractivity (Wildman–Crippen MR) is 92.1 cm³/mol. The van der Waals surface area contributed by atoms with E-state index in [1.807, 2.05) is 24.7 Å². The molecule has 0 bridgehead atoms. The smallest absolute Gasteiger partial charge is 0.138 e. The monoisotopic (exact) mass is 337 g/mol. The molecule has 0 aliphatic heterocycles. The molecule has 0 fully saturated rings. The summed E-state index contributed by atoms with van der Waals surface area (Å²) in [4.78, 5) is 4.21. The highest BCUT2D eigenvalue weighted by atomic mass is 35.5. The normalized spacial score (nSPS) is 10.7. The molecule has 2 aromatic rings. The summed E-state index contributed by atoms with van der Waals surface area (Å²) in [6.07, 6.45) is 8.29. The highest BCUT2D eigenvalue weighted by Gasteiger charge is 2.03. The summed E-state index contributed by atoms with van der Waals surface area (Å²) in [5, 5.41) is 0.583. The molecule has 0 spiro atoms. The van der Waals surface area contributed by atoms with Crippen molar-refractivity contribution in [2.45, 2.75) is 38.8 Å². The largest absolute Gasteiger partial charge is 0.497 e. The lowest BCUT2D eigenvalue weighted by Crippen LogP contribution is -1.99. The number of nitrogens with two attached hydrogens (primary N) is 1. The number of hydrogen-bond donors (Lipinski definition) is 1. The van der Waals surface area contributed by atoms with Crippen molar-refractivity contribution in [3.63, 3.8) is 0 Å². The summed E-state index contributed by atoms with van der Waals surface area (Å²) >= 11 is 6.13. The highest BCUT2D eigenvalue weighted by molar-refractivity contribution is 6.32. The number of imidazole rings is 1. The van der Waals surface area contributed by atoms with Crippen LogP contribution >= 0.6 is 11.6 Å². The third kappa shape index (κ3) is 5.77. The molecule has 2 rings (SSSR count). The van der Waals surface area contributed by atoms with Gasteiger partial charge in [0.05, 0.1) is 30.8 Å². The number of aromatic nitrogens is 2. The van der Waals surface area contributed by atoms with Gasteiger partial charge in [0.15, 0.2) is 0 Å². The van der Waals surface area contributed by atoms with Gasteiger partial charge in [0.2, 0.25) is 0 Å². The maximum absolute atomic E-state index is 6.13. The minimum Gasteiger partial charge on any atom is -0.497 e. The number of nitrogens with zero attached hydrogens (tertiary/aromatic N) is 2. The van der Waals surface area contributed by atoms with Crippen LogP contribution in [0.2, 0.25) is 5.02 Å². The van der Waals surface area contributed by atoms with E-state index in [2.05, 4.69) is 9.55 Å². The Labute approximate surface area is 142 Å². The summed E-state index contributed by atoms with van der Waals surface area (Å²) in [6, 6.07) is 5.45. The van der Waals surface area contributed by atoms with Crippen LogP contribution in [-0.4, -0.2) is 23.3 Å². The van der Waals surface area contributed by atoms with Crippen LogP contribution in [0, 0.1) is 0 Å². The zero-order valence-electron chi connectivity index (χ0n) is 13.5. The van der Waals surface area contributed by atoms with Crippen molar-refractivity contribution >= 4 is 11.6 Å². The van der Waals surface area contributed by atoms with Gasteiger partial charge in [-0.15, -0.1) is 0 Å². The fourth-order valence-corrected chi connectivity index (χ4v) is 2.52. The molecule has 23 heavy (non-hydrogen) atoms. The molecule has 2 N–H and O–H groups in total. The average molecular weight is 338 g/mol. The lowest BCUT2D eigenvalue weighted by atomic mass is 10.2. The van der Waals surface area contributed by atoms with Crippen molar-refractivity contribution in [2.24, 2.45) is 5.73 Å². The number of hydrogen-bond acceptors (Lipinski definition) is 4. The van der Waals surface area contributed by atoms with Gasteiger partial charge in [-0.25, -0.2) is 4.98 Å². The van der Waals surface area contributed by atoms with Crippen molar-refractivity contribution in [1.82, 2.24) is 9.55 Å². The topological polar surface area (TPSA) is 62.3 Å². The zero-order chi connectivity index (χ0) is 16.5. The van der Waals surface area contributed by atoms with Crippen LogP contribution < -0.4 is 15.2 Å². The van der Waals surface area contributed by atoms with Gasteiger partial charge in [0.25, 0.3) is 0 Å². The number of methoxy groups -OCH3 is 1. The third-order valence-corrected chi connectivity index (χ3v) is 3.90. The van der Waals surface area contributed by atoms with E-state index in [-0.39, 0.29) is 0 Å². The van der Waals surface area contributed by atoms with Crippen molar-refractivity contribution in [2.75, 3.05) is 13.7 Å². The molecule has 0 saturated heterocycles. The molecule has 0 amide bonds. The third-order valence-electron chi connectivity index (χ3n) is 3.60. The van der Waals surface area contributed by atoms with Crippen molar-refractivity contribution in [3.8, 4) is 11.5 Å². The van der Waals surface area contributed by atoms with Gasteiger partial charge in [-0.2, -0.15) is 0 Å². The second kappa shape index (κ2) is 9.43. The van der Waals surface area contributed by atoms with Crippen LogP contribution in [0.1, 0.15) is 31.4 Å². The average Bonchev–Trinajstić information content (AvgIpc) is 3.03. The predicted octanol–water partition coefficient (Wildman–Crippen LogP) is 3.64. The summed E-state index contributed by atoms with van der Waals surface area (Å²) < 4.78 is 12.9. The zero-order valence-corrected chi connectivity index (χ0v) is 14.3. The van der Waals surface area contributed by atoms with E-state index in [0.29, 0.717) is 23.9 Å². The van der Waals surface area contributed by atoms with Crippen LogP contribution in [0.25, 0.3) is 0 Å². The minimum atomic E-state index is 0.498. The fourth-order valence-electron chi connectivity index (χ4n) is 2.29. The van der Waals surface area contributed by atoms with E-state index < -0.39 is 0 Å². The number of halogens is 1. The number of rotatable bonds is 10. The lowest BCUT2D eigenvalue weighted by Gasteiger charge is -2.09. The molecule has 0 aliphatic carbocycles. The maximum Gasteiger partial charge on any atom is 0.138 e. The minimum absolute atomic E-state index is 0.498. The van der Waals surface area contributed by atoms with Gasteiger partial charge < -0.3 is 19.8 Å². The molecule has 1 heterocycles. The standard InChI is InChI=1S/C17H24ClN3O2/c1-22-15-6-7-17(16(18)10-15)23-9-5-3-2-4-8-21-12-14(11-19)20-13-21/h6-7,10,12-13H,2-5,8-9,11,19H2,1H3.